The molecule has 0 aliphatic carbocycles. The summed E-state index contributed by atoms with van der Waals surface area (Å²) in [4.78, 5) is 6.75. The summed E-state index contributed by atoms with van der Waals surface area (Å²) in [5.41, 5.74) is 6.01. The Morgan fingerprint density at radius 2 is 2.05 bits per heavy atom. The van der Waals surface area contributed by atoms with Crippen LogP contribution >= 0.6 is 0 Å². The van der Waals surface area contributed by atoms with Gasteiger partial charge in [0.1, 0.15) is 6.10 Å². The topological polar surface area (TPSA) is 77.4 Å². The van der Waals surface area contributed by atoms with E-state index in [9.17, 15) is 0 Å². The van der Waals surface area contributed by atoms with Crippen LogP contribution in [0.25, 0.3) is 0 Å². The first-order chi connectivity index (χ1) is 8.99. The molecule has 108 valence electrons. The van der Waals surface area contributed by atoms with E-state index < -0.39 is 0 Å². The van der Waals surface area contributed by atoms with Gasteiger partial charge in [0.15, 0.2) is 0 Å². The summed E-state index contributed by atoms with van der Waals surface area (Å²) in [6, 6.07) is 0.279. The Bertz CT molecular complexity index is 405. The Kier molecular flexibility index (Phi) is 4.54. The fraction of sp³-hybridized carbons (Fsp3) is 0.846. The van der Waals surface area contributed by atoms with Crippen LogP contribution in [-0.2, 0) is 4.74 Å². The van der Waals surface area contributed by atoms with Crippen molar-refractivity contribution in [1.29, 1.82) is 0 Å². The Balaban J connectivity index is 2.06. The number of nitrogens with zero attached hydrogens (tertiary/aromatic N) is 3. The fourth-order valence-corrected chi connectivity index (χ4v) is 2.09. The van der Waals surface area contributed by atoms with Gasteiger partial charge in [-0.05, 0) is 19.8 Å². The molecule has 1 aliphatic heterocycles. The minimum absolute atomic E-state index is 0.118. The molecule has 6 heteroatoms. The predicted molar refractivity (Wildman–Crippen MR) is 71.5 cm³/mol. The van der Waals surface area contributed by atoms with E-state index in [0.717, 1.165) is 13.1 Å². The van der Waals surface area contributed by atoms with E-state index in [-0.39, 0.29) is 18.1 Å². The van der Waals surface area contributed by atoms with Gasteiger partial charge in [0.05, 0.1) is 12.6 Å². The van der Waals surface area contributed by atoms with Gasteiger partial charge in [0.2, 0.25) is 11.7 Å². The Morgan fingerprint density at radius 1 is 1.32 bits per heavy atom. The lowest BCUT2D eigenvalue weighted by Gasteiger charge is -2.34. The molecule has 6 nitrogen and oxygen atoms in total. The molecule has 0 spiro atoms. The Morgan fingerprint density at radius 3 is 2.68 bits per heavy atom. The van der Waals surface area contributed by atoms with Crippen molar-refractivity contribution in [1.82, 2.24) is 15.0 Å². The zero-order valence-electron chi connectivity index (χ0n) is 12.2. The maximum atomic E-state index is 6.01. The van der Waals surface area contributed by atoms with E-state index in [4.69, 9.17) is 15.0 Å². The first-order valence-electron chi connectivity index (χ1n) is 6.93. The van der Waals surface area contributed by atoms with Crippen molar-refractivity contribution >= 4 is 0 Å². The summed E-state index contributed by atoms with van der Waals surface area (Å²) < 4.78 is 11.0. The zero-order valence-corrected chi connectivity index (χ0v) is 12.2. The summed E-state index contributed by atoms with van der Waals surface area (Å²) in [6.07, 6.45) is -0.118. The van der Waals surface area contributed by atoms with Crippen molar-refractivity contribution in [2.45, 2.75) is 45.9 Å². The molecule has 0 amide bonds. The highest BCUT2D eigenvalue weighted by Crippen LogP contribution is 2.23. The van der Waals surface area contributed by atoms with Crippen molar-refractivity contribution in [2.75, 3.05) is 19.7 Å². The van der Waals surface area contributed by atoms with Crippen molar-refractivity contribution in [2.24, 2.45) is 11.7 Å². The maximum Gasteiger partial charge on any atom is 0.243 e. The second kappa shape index (κ2) is 5.98. The summed E-state index contributed by atoms with van der Waals surface area (Å²) in [5.74, 6) is 1.37. The van der Waals surface area contributed by atoms with Gasteiger partial charge in [-0.3, -0.25) is 4.90 Å². The Labute approximate surface area is 114 Å². The second-order valence-electron chi connectivity index (χ2n) is 5.71. The first kappa shape index (κ1) is 14.4. The number of rotatable bonds is 4. The summed E-state index contributed by atoms with van der Waals surface area (Å²) in [6.45, 7) is 10.9. The van der Waals surface area contributed by atoms with Crippen LogP contribution in [0.15, 0.2) is 4.52 Å². The summed E-state index contributed by atoms with van der Waals surface area (Å²) >= 11 is 0. The molecule has 1 aromatic rings. The summed E-state index contributed by atoms with van der Waals surface area (Å²) in [5, 5.41) is 4.02. The average molecular weight is 268 g/mol. The molecule has 0 saturated carbocycles. The van der Waals surface area contributed by atoms with Crippen LogP contribution in [0, 0.1) is 5.92 Å². The van der Waals surface area contributed by atoms with Crippen LogP contribution in [0.4, 0.5) is 0 Å². The molecule has 0 bridgehead atoms. The molecular weight excluding hydrogens is 244 g/mol. The van der Waals surface area contributed by atoms with Gasteiger partial charge in [-0.2, -0.15) is 4.98 Å². The van der Waals surface area contributed by atoms with E-state index in [1.54, 1.807) is 0 Å². The standard InChI is InChI=1S/C13H24N4O2/c1-8(2)11(14)13-15-12(16-19-13)10-7-17(9(3)4)5-6-18-10/h8-11H,5-7,14H2,1-4H3/t10?,11-/m0/s1. The van der Waals surface area contributed by atoms with Crippen molar-refractivity contribution in [3.8, 4) is 0 Å². The van der Waals surface area contributed by atoms with Gasteiger partial charge in [0, 0.05) is 19.1 Å². The van der Waals surface area contributed by atoms with Crippen LogP contribution < -0.4 is 5.73 Å². The third kappa shape index (κ3) is 3.32. The van der Waals surface area contributed by atoms with Gasteiger partial charge in [-0.25, -0.2) is 0 Å². The van der Waals surface area contributed by atoms with E-state index in [0.29, 0.717) is 24.4 Å². The second-order valence-corrected chi connectivity index (χ2v) is 5.71. The molecule has 1 unspecified atom stereocenters. The molecule has 2 rings (SSSR count). The molecule has 0 aromatic carbocycles. The minimum Gasteiger partial charge on any atom is -0.367 e. The van der Waals surface area contributed by atoms with Crippen molar-refractivity contribution in [3.05, 3.63) is 11.7 Å². The molecule has 1 aliphatic rings. The first-order valence-corrected chi connectivity index (χ1v) is 6.93. The lowest BCUT2D eigenvalue weighted by atomic mass is 10.1. The summed E-state index contributed by atoms with van der Waals surface area (Å²) in [7, 11) is 0. The third-order valence-electron chi connectivity index (χ3n) is 3.58. The monoisotopic (exact) mass is 268 g/mol. The largest absolute Gasteiger partial charge is 0.367 e. The van der Waals surface area contributed by atoms with Crippen LogP contribution in [0.1, 0.15) is 51.6 Å². The predicted octanol–water partition coefficient (Wildman–Crippen LogP) is 1.51. The highest BCUT2D eigenvalue weighted by atomic mass is 16.5. The van der Waals surface area contributed by atoms with Crippen LogP contribution in [0.5, 0.6) is 0 Å². The van der Waals surface area contributed by atoms with Gasteiger partial charge in [-0.15, -0.1) is 0 Å². The Hall–Kier alpha value is -0.980. The highest BCUT2D eigenvalue weighted by Gasteiger charge is 2.28. The van der Waals surface area contributed by atoms with E-state index in [2.05, 4.69) is 28.9 Å². The number of ether oxygens (including phenoxy) is 1. The smallest absolute Gasteiger partial charge is 0.243 e. The van der Waals surface area contributed by atoms with Gasteiger partial charge in [-0.1, -0.05) is 19.0 Å². The highest BCUT2D eigenvalue weighted by molar-refractivity contribution is 4.98. The average Bonchev–Trinajstić information content (AvgIpc) is 2.87. The van der Waals surface area contributed by atoms with Gasteiger partial charge >= 0.3 is 0 Å². The molecular formula is C13H24N4O2. The number of aromatic nitrogens is 2. The number of hydrogen-bond donors (Lipinski definition) is 1. The SMILES string of the molecule is CC(C)[C@H](N)c1nc(C2CN(C(C)C)CCO2)no1. The van der Waals surface area contributed by atoms with Crippen LogP contribution in [-0.4, -0.2) is 40.8 Å². The maximum absolute atomic E-state index is 6.01. The quantitative estimate of drug-likeness (QED) is 0.892. The zero-order chi connectivity index (χ0) is 14.0. The molecule has 2 N–H and O–H groups in total. The van der Waals surface area contributed by atoms with Crippen molar-refractivity contribution < 1.29 is 9.26 Å². The molecule has 2 atom stereocenters. The van der Waals surface area contributed by atoms with Crippen LogP contribution in [0.2, 0.25) is 0 Å². The van der Waals surface area contributed by atoms with Crippen LogP contribution in [0.3, 0.4) is 0 Å². The number of morpholine rings is 1. The number of hydrogen-bond acceptors (Lipinski definition) is 6. The normalized spacial score (nSPS) is 23.2. The van der Waals surface area contributed by atoms with Gasteiger partial charge < -0.3 is 15.0 Å². The van der Waals surface area contributed by atoms with E-state index in [1.807, 2.05) is 13.8 Å². The van der Waals surface area contributed by atoms with Crippen molar-refractivity contribution in [3.63, 3.8) is 0 Å². The van der Waals surface area contributed by atoms with Gasteiger partial charge in [0.25, 0.3) is 0 Å². The molecule has 1 saturated heterocycles. The molecule has 2 heterocycles. The minimum atomic E-state index is -0.217. The third-order valence-corrected chi connectivity index (χ3v) is 3.58. The molecule has 0 radical (unpaired) electrons. The molecule has 1 fully saturated rings. The van der Waals surface area contributed by atoms with E-state index in [1.165, 1.54) is 0 Å². The molecule has 19 heavy (non-hydrogen) atoms. The van der Waals surface area contributed by atoms with E-state index >= 15 is 0 Å². The molecule has 1 aromatic heterocycles. The lowest BCUT2D eigenvalue weighted by molar-refractivity contribution is -0.0450. The number of nitrogens with two attached hydrogens (primary N) is 1. The lowest BCUT2D eigenvalue weighted by Crippen LogP contribution is -2.42. The fourth-order valence-electron chi connectivity index (χ4n) is 2.09.